The number of rotatable bonds is 10. The quantitative estimate of drug-likeness (QED) is 0.348. The van der Waals surface area contributed by atoms with E-state index >= 15 is 0 Å². The molecule has 0 saturated carbocycles. The standard InChI is InChI=1S/C32H39N5O5/c1-3-19-40-32(39)35-20-24-5-11-27(12-6-24)30-41-28(23(2)29(42-30)26-9-7-25(22-38)8-10-26)21-36-15-17-37(18-16-36)31-33-13-4-14-34-31/h3-14,23,28-30,38H,1,15-22H2,2H3,(H,35,39)/t23-,28+,29+,30+/m1/s1. The Labute approximate surface area is 246 Å². The summed E-state index contributed by atoms with van der Waals surface area (Å²) in [5.74, 6) is 0.869. The summed E-state index contributed by atoms with van der Waals surface area (Å²) >= 11 is 0. The molecule has 3 heterocycles. The van der Waals surface area contributed by atoms with Gasteiger partial charge in [0.1, 0.15) is 6.61 Å². The molecule has 1 aromatic heterocycles. The number of ether oxygens (including phenoxy) is 3. The smallest absolute Gasteiger partial charge is 0.407 e. The number of nitrogens with zero attached hydrogens (tertiary/aromatic N) is 4. The summed E-state index contributed by atoms with van der Waals surface area (Å²) in [6, 6.07) is 17.7. The van der Waals surface area contributed by atoms with Crippen LogP contribution < -0.4 is 10.2 Å². The van der Waals surface area contributed by atoms with Crippen molar-refractivity contribution in [3.05, 3.63) is 102 Å². The van der Waals surface area contributed by atoms with Gasteiger partial charge >= 0.3 is 6.09 Å². The zero-order chi connectivity index (χ0) is 29.3. The van der Waals surface area contributed by atoms with E-state index in [1.54, 1.807) is 12.4 Å². The Kier molecular flexibility index (Phi) is 10.1. The van der Waals surface area contributed by atoms with Crippen molar-refractivity contribution < 1.29 is 24.1 Å². The molecule has 2 aromatic carbocycles. The topological polar surface area (TPSA) is 109 Å². The van der Waals surface area contributed by atoms with Crippen LogP contribution in [0.5, 0.6) is 0 Å². The van der Waals surface area contributed by atoms with Crippen molar-refractivity contribution in [2.75, 3.05) is 44.2 Å². The van der Waals surface area contributed by atoms with Crippen LogP contribution in [0.4, 0.5) is 10.7 Å². The van der Waals surface area contributed by atoms with Gasteiger partial charge in [0.25, 0.3) is 0 Å². The lowest BCUT2D eigenvalue weighted by Gasteiger charge is -2.44. The molecule has 3 aromatic rings. The highest BCUT2D eigenvalue weighted by atomic mass is 16.7. The molecular weight excluding hydrogens is 534 g/mol. The number of hydrogen-bond donors (Lipinski definition) is 2. The van der Waals surface area contributed by atoms with E-state index in [0.29, 0.717) is 6.54 Å². The van der Waals surface area contributed by atoms with E-state index in [4.69, 9.17) is 14.2 Å². The first kappa shape index (κ1) is 29.7. The number of alkyl carbamates (subject to hydrolysis) is 1. The van der Waals surface area contributed by atoms with Gasteiger partial charge in [0, 0.05) is 63.1 Å². The molecule has 0 radical (unpaired) electrons. The molecule has 2 aliphatic heterocycles. The second-order valence-corrected chi connectivity index (χ2v) is 10.6. The van der Waals surface area contributed by atoms with Crippen LogP contribution >= 0.6 is 0 Å². The van der Waals surface area contributed by atoms with Gasteiger partial charge in [0.15, 0.2) is 6.29 Å². The van der Waals surface area contributed by atoms with Crippen LogP contribution in [0.15, 0.2) is 79.6 Å². The lowest BCUT2D eigenvalue weighted by molar-refractivity contribution is -0.276. The molecule has 0 bridgehead atoms. The lowest BCUT2D eigenvalue weighted by Crippen LogP contribution is -2.51. The van der Waals surface area contributed by atoms with Crippen LogP contribution in [-0.4, -0.2) is 71.5 Å². The molecule has 2 N–H and O–H groups in total. The summed E-state index contributed by atoms with van der Waals surface area (Å²) in [5.41, 5.74) is 3.77. The molecule has 4 atom stereocenters. The van der Waals surface area contributed by atoms with Crippen molar-refractivity contribution in [3.8, 4) is 0 Å². The van der Waals surface area contributed by atoms with Crippen molar-refractivity contribution in [1.29, 1.82) is 0 Å². The third-order valence-corrected chi connectivity index (χ3v) is 7.79. The van der Waals surface area contributed by atoms with Crippen LogP contribution in [0.1, 0.15) is 41.6 Å². The summed E-state index contributed by atoms with van der Waals surface area (Å²) in [4.78, 5) is 25.2. The van der Waals surface area contributed by atoms with Crippen LogP contribution in [0, 0.1) is 5.92 Å². The molecule has 222 valence electrons. The first-order valence-electron chi connectivity index (χ1n) is 14.4. The number of carbonyl (C=O) groups excluding carboxylic acids is 1. The predicted octanol–water partition coefficient (Wildman–Crippen LogP) is 3.99. The summed E-state index contributed by atoms with van der Waals surface area (Å²) in [5, 5.41) is 12.3. The monoisotopic (exact) mass is 573 g/mol. The van der Waals surface area contributed by atoms with E-state index < -0.39 is 12.4 Å². The molecule has 10 nitrogen and oxygen atoms in total. The Balaban J connectivity index is 1.27. The average molecular weight is 574 g/mol. The summed E-state index contributed by atoms with van der Waals surface area (Å²) in [7, 11) is 0. The fraction of sp³-hybridized carbons (Fsp3) is 0.406. The SMILES string of the molecule is C=CCOC(=O)NCc1ccc([C@H]2O[C@@H](CN3CCN(c4ncccn4)CC3)[C@@H](C)[C@@H](c3ccc(CO)cc3)O2)cc1. The Morgan fingerprint density at radius 3 is 2.36 bits per heavy atom. The molecule has 2 fully saturated rings. The molecule has 0 aliphatic carbocycles. The van der Waals surface area contributed by atoms with Gasteiger partial charge in [-0.2, -0.15) is 0 Å². The Hall–Kier alpha value is -3.83. The maximum absolute atomic E-state index is 11.8. The van der Waals surface area contributed by atoms with Gasteiger partial charge in [-0.25, -0.2) is 14.8 Å². The van der Waals surface area contributed by atoms with Crippen molar-refractivity contribution in [1.82, 2.24) is 20.2 Å². The van der Waals surface area contributed by atoms with Crippen molar-refractivity contribution in [2.24, 2.45) is 5.92 Å². The van der Waals surface area contributed by atoms with Gasteiger partial charge in [0.05, 0.1) is 18.8 Å². The maximum Gasteiger partial charge on any atom is 0.407 e. The average Bonchev–Trinajstić information content (AvgIpc) is 3.05. The van der Waals surface area contributed by atoms with Gasteiger partial charge in [0.2, 0.25) is 5.95 Å². The summed E-state index contributed by atoms with van der Waals surface area (Å²) in [6.07, 6.45) is 3.81. The lowest BCUT2D eigenvalue weighted by atomic mass is 9.90. The normalized spacial score (nSPS) is 22.9. The highest BCUT2D eigenvalue weighted by Gasteiger charge is 2.39. The van der Waals surface area contributed by atoms with E-state index in [9.17, 15) is 9.90 Å². The molecule has 2 saturated heterocycles. The van der Waals surface area contributed by atoms with Crippen LogP contribution in [-0.2, 0) is 27.4 Å². The molecule has 42 heavy (non-hydrogen) atoms. The number of aromatic nitrogens is 2. The van der Waals surface area contributed by atoms with E-state index in [-0.39, 0.29) is 31.3 Å². The Morgan fingerprint density at radius 1 is 1.02 bits per heavy atom. The Morgan fingerprint density at radius 2 is 1.69 bits per heavy atom. The van der Waals surface area contributed by atoms with Crippen LogP contribution in [0.3, 0.4) is 0 Å². The van der Waals surface area contributed by atoms with Gasteiger partial charge in [-0.3, -0.25) is 4.90 Å². The zero-order valence-corrected chi connectivity index (χ0v) is 24.0. The van der Waals surface area contributed by atoms with Crippen LogP contribution in [0.25, 0.3) is 0 Å². The second kappa shape index (κ2) is 14.4. The summed E-state index contributed by atoms with van der Waals surface area (Å²) in [6.45, 7) is 10.5. The minimum Gasteiger partial charge on any atom is -0.445 e. The third kappa shape index (κ3) is 7.51. The van der Waals surface area contributed by atoms with Crippen molar-refractivity contribution in [3.63, 3.8) is 0 Å². The minimum absolute atomic E-state index is 0.00288. The van der Waals surface area contributed by atoms with Crippen molar-refractivity contribution in [2.45, 2.75) is 38.6 Å². The number of aliphatic hydroxyl groups is 1. The van der Waals surface area contributed by atoms with E-state index in [2.05, 4.69) is 38.6 Å². The highest BCUT2D eigenvalue weighted by molar-refractivity contribution is 5.67. The number of piperazine rings is 1. The number of amides is 1. The number of carbonyl (C=O) groups is 1. The van der Waals surface area contributed by atoms with E-state index in [1.807, 2.05) is 54.6 Å². The van der Waals surface area contributed by atoms with Gasteiger partial charge < -0.3 is 29.5 Å². The number of hydrogen-bond acceptors (Lipinski definition) is 9. The number of anilines is 1. The largest absolute Gasteiger partial charge is 0.445 e. The predicted molar refractivity (Wildman–Crippen MR) is 158 cm³/mol. The second-order valence-electron chi connectivity index (χ2n) is 10.6. The maximum atomic E-state index is 11.8. The molecular formula is C32H39N5O5. The fourth-order valence-electron chi connectivity index (χ4n) is 5.32. The Bertz CT molecular complexity index is 1280. The first-order chi connectivity index (χ1) is 20.5. The van der Waals surface area contributed by atoms with Crippen LogP contribution in [0.2, 0.25) is 0 Å². The van der Waals surface area contributed by atoms with Gasteiger partial charge in [-0.05, 0) is 22.8 Å². The molecule has 0 spiro atoms. The molecule has 0 unspecified atom stereocenters. The minimum atomic E-state index is -0.549. The van der Waals surface area contributed by atoms with Crippen molar-refractivity contribution >= 4 is 12.0 Å². The first-order valence-corrected chi connectivity index (χ1v) is 14.4. The molecule has 1 amide bonds. The summed E-state index contributed by atoms with van der Waals surface area (Å²) < 4.78 is 18.2. The highest BCUT2D eigenvalue weighted by Crippen LogP contribution is 2.42. The number of aliphatic hydroxyl groups excluding tert-OH is 1. The number of benzene rings is 2. The van der Waals surface area contributed by atoms with E-state index in [1.165, 1.54) is 6.08 Å². The molecule has 2 aliphatic rings. The molecule has 10 heteroatoms. The van der Waals surface area contributed by atoms with Gasteiger partial charge in [-0.1, -0.05) is 68.1 Å². The number of nitrogens with one attached hydrogen (secondary N) is 1. The van der Waals surface area contributed by atoms with Gasteiger partial charge in [-0.15, -0.1) is 0 Å². The zero-order valence-electron chi connectivity index (χ0n) is 24.0. The fourth-order valence-corrected chi connectivity index (χ4v) is 5.32. The third-order valence-electron chi connectivity index (χ3n) is 7.79. The van der Waals surface area contributed by atoms with E-state index in [0.717, 1.165) is 60.9 Å². The molecule has 5 rings (SSSR count).